The van der Waals surface area contributed by atoms with E-state index in [2.05, 4.69) is 32.9 Å². The Balaban J connectivity index is 2.68. The van der Waals surface area contributed by atoms with Crippen LogP contribution >= 0.6 is 0 Å². The van der Waals surface area contributed by atoms with E-state index in [0.717, 1.165) is 12.0 Å². The molecule has 0 amide bonds. The minimum Gasteiger partial charge on any atom is -0.464 e. The van der Waals surface area contributed by atoms with Crippen LogP contribution in [0.15, 0.2) is 22.8 Å². The molecule has 1 aromatic carbocycles. The van der Waals surface area contributed by atoms with Gasteiger partial charge in [-0.1, -0.05) is 26.0 Å². The molecule has 0 spiro atoms. The molecule has 16 heavy (non-hydrogen) atoms. The van der Waals surface area contributed by atoms with Crippen molar-refractivity contribution in [2.45, 2.75) is 33.1 Å². The molecule has 2 nitrogen and oxygen atoms in total. The highest BCUT2D eigenvalue weighted by Crippen LogP contribution is 2.31. The van der Waals surface area contributed by atoms with Crippen LogP contribution < -0.4 is 5.73 Å². The van der Waals surface area contributed by atoms with Crippen molar-refractivity contribution in [1.29, 1.82) is 0 Å². The van der Waals surface area contributed by atoms with Gasteiger partial charge in [0.25, 0.3) is 0 Å². The second kappa shape index (κ2) is 4.30. The van der Waals surface area contributed by atoms with E-state index < -0.39 is 0 Å². The number of fused-ring (bicyclic) bond motifs is 1. The molecule has 2 N–H and O–H groups in total. The van der Waals surface area contributed by atoms with Gasteiger partial charge in [-0.3, -0.25) is 0 Å². The lowest BCUT2D eigenvalue weighted by molar-refractivity contribution is 0.602. The Hall–Kier alpha value is -1.28. The zero-order valence-corrected chi connectivity index (χ0v) is 10.2. The highest BCUT2D eigenvalue weighted by Gasteiger charge is 2.13. The summed E-state index contributed by atoms with van der Waals surface area (Å²) >= 11 is 0. The lowest BCUT2D eigenvalue weighted by Crippen LogP contribution is -2.02. The summed E-state index contributed by atoms with van der Waals surface area (Å²) in [5.41, 5.74) is 10.4. The number of hydrogen-bond donors (Lipinski definition) is 1. The van der Waals surface area contributed by atoms with Crippen molar-refractivity contribution >= 4 is 11.0 Å². The molecule has 0 unspecified atom stereocenters. The molecule has 0 aliphatic rings. The fraction of sp³-hybridized carbons (Fsp3) is 0.429. The van der Waals surface area contributed by atoms with Gasteiger partial charge in [-0.2, -0.15) is 0 Å². The topological polar surface area (TPSA) is 39.2 Å². The Morgan fingerprint density at radius 2 is 2.06 bits per heavy atom. The number of aryl methyl sites for hydroxylation is 1. The van der Waals surface area contributed by atoms with Crippen molar-refractivity contribution in [3.63, 3.8) is 0 Å². The maximum absolute atomic E-state index is 5.72. The summed E-state index contributed by atoms with van der Waals surface area (Å²) in [4.78, 5) is 0. The molecule has 0 fully saturated rings. The Labute approximate surface area is 96.4 Å². The van der Waals surface area contributed by atoms with Gasteiger partial charge in [-0.15, -0.1) is 0 Å². The van der Waals surface area contributed by atoms with Gasteiger partial charge in [0.1, 0.15) is 5.58 Å². The molecule has 0 aliphatic heterocycles. The Bertz CT molecular complexity index is 497. The molecule has 1 heterocycles. The average Bonchev–Trinajstić information content (AvgIpc) is 2.63. The molecule has 0 aliphatic carbocycles. The zero-order chi connectivity index (χ0) is 11.7. The predicted molar refractivity (Wildman–Crippen MR) is 67.8 cm³/mol. The van der Waals surface area contributed by atoms with Crippen molar-refractivity contribution in [2.75, 3.05) is 6.54 Å². The average molecular weight is 217 g/mol. The first-order valence-corrected chi connectivity index (χ1v) is 5.84. The van der Waals surface area contributed by atoms with Gasteiger partial charge in [0, 0.05) is 5.39 Å². The molecule has 2 heteroatoms. The second-order valence-corrected chi connectivity index (χ2v) is 4.63. The summed E-state index contributed by atoms with van der Waals surface area (Å²) in [5, 5.41) is 1.26. The summed E-state index contributed by atoms with van der Waals surface area (Å²) in [5.74, 6) is 0.486. The summed E-state index contributed by atoms with van der Waals surface area (Å²) in [6.07, 6.45) is 2.74. The summed E-state index contributed by atoms with van der Waals surface area (Å²) in [6.45, 7) is 7.17. The van der Waals surface area contributed by atoms with Crippen LogP contribution in [0.3, 0.4) is 0 Å². The van der Waals surface area contributed by atoms with Crippen molar-refractivity contribution in [1.82, 2.24) is 0 Å². The van der Waals surface area contributed by atoms with Crippen LogP contribution in [0, 0.1) is 6.92 Å². The van der Waals surface area contributed by atoms with Gasteiger partial charge in [-0.05, 0) is 42.5 Å². The van der Waals surface area contributed by atoms with Crippen molar-refractivity contribution in [3.05, 3.63) is 35.1 Å². The quantitative estimate of drug-likeness (QED) is 0.856. The maximum Gasteiger partial charge on any atom is 0.137 e. The van der Waals surface area contributed by atoms with Crippen LogP contribution in [-0.2, 0) is 6.42 Å². The predicted octanol–water partition coefficient (Wildman–Crippen LogP) is 3.37. The lowest BCUT2D eigenvalue weighted by Gasteiger charge is -2.08. The number of rotatable bonds is 3. The van der Waals surface area contributed by atoms with Gasteiger partial charge in [0.2, 0.25) is 0 Å². The van der Waals surface area contributed by atoms with E-state index in [1.54, 1.807) is 0 Å². The molecular weight excluding hydrogens is 198 g/mol. The fourth-order valence-electron chi connectivity index (χ4n) is 2.21. The Morgan fingerprint density at radius 1 is 1.31 bits per heavy atom. The van der Waals surface area contributed by atoms with Crippen LogP contribution in [0.25, 0.3) is 11.0 Å². The van der Waals surface area contributed by atoms with E-state index in [4.69, 9.17) is 10.2 Å². The monoisotopic (exact) mass is 217 g/mol. The Kier molecular flexibility index (Phi) is 3.01. The van der Waals surface area contributed by atoms with Crippen LogP contribution in [0.2, 0.25) is 0 Å². The van der Waals surface area contributed by atoms with Crippen LogP contribution in [0.5, 0.6) is 0 Å². The van der Waals surface area contributed by atoms with E-state index in [9.17, 15) is 0 Å². The van der Waals surface area contributed by atoms with Crippen LogP contribution in [-0.4, -0.2) is 6.54 Å². The smallest absolute Gasteiger partial charge is 0.137 e. The molecule has 1 aromatic heterocycles. The minimum atomic E-state index is 0.486. The molecule has 0 saturated heterocycles. The van der Waals surface area contributed by atoms with Crippen molar-refractivity contribution in [2.24, 2.45) is 5.73 Å². The number of furan rings is 1. The SMILES string of the molecule is Cc1ccc(C(C)C)c2occ(CCN)c12. The molecule has 2 aromatic rings. The van der Waals surface area contributed by atoms with E-state index in [1.165, 1.54) is 22.1 Å². The first-order chi connectivity index (χ1) is 7.65. The third kappa shape index (κ3) is 1.74. The molecule has 0 bridgehead atoms. The molecule has 2 rings (SSSR count). The van der Waals surface area contributed by atoms with Crippen molar-refractivity contribution < 1.29 is 4.42 Å². The second-order valence-electron chi connectivity index (χ2n) is 4.63. The van der Waals surface area contributed by atoms with Gasteiger partial charge < -0.3 is 10.2 Å². The van der Waals surface area contributed by atoms with Gasteiger partial charge in [0.15, 0.2) is 0 Å². The summed E-state index contributed by atoms with van der Waals surface area (Å²) < 4.78 is 5.72. The Morgan fingerprint density at radius 3 is 2.69 bits per heavy atom. The molecular formula is C14H19NO. The highest BCUT2D eigenvalue weighted by atomic mass is 16.3. The van der Waals surface area contributed by atoms with E-state index in [1.807, 2.05) is 6.26 Å². The number of benzene rings is 1. The highest BCUT2D eigenvalue weighted by molar-refractivity contribution is 5.87. The molecule has 0 saturated carbocycles. The number of nitrogens with two attached hydrogens (primary N) is 1. The largest absolute Gasteiger partial charge is 0.464 e. The molecule has 0 atom stereocenters. The number of hydrogen-bond acceptors (Lipinski definition) is 2. The van der Waals surface area contributed by atoms with Gasteiger partial charge in [0.05, 0.1) is 6.26 Å². The third-order valence-corrected chi connectivity index (χ3v) is 3.07. The standard InChI is InChI=1S/C14H19NO/c1-9(2)12-5-4-10(3)13-11(6-7-15)8-16-14(12)13/h4-5,8-9H,6-7,15H2,1-3H3. The van der Waals surface area contributed by atoms with E-state index in [0.29, 0.717) is 12.5 Å². The van der Waals surface area contributed by atoms with Gasteiger partial charge in [-0.25, -0.2) is 0 Å². The van der Waals surface area contributed by atoms with E-state index >= 15 is 0 Å². The summed E-state index contributed by atoms with van der Waals surface area (Å²) in [6, 6.07) is 4.34. The normalized spacial score (nSPS) is 11.6. The maximum atomic E-state index is 5.72. The van der Waals surface area contributed by atoms with E-state index in [-0.39, 0.29) is 0 Å². The van der Waals surface area contributed by atoms with Gasteiger partial charge >= 0.3 is 0 Å². The molecule has 86 valence electrons. The lowest BCUT2D eigenvalue weighted by atomic mass is 9.96. The zero-order valence-electron chi connectivity index (χ0n) is 10.2. The third-order valence-electron chi connectivity index (χ3n) is 3.07. The minimum absolute atomic E-state index is 0.486. The van der Waals surface area contributed by atoms with Crippen LogP contribution in [0.1, 0.15) is 36.5 Å². The summed E-state index contributed by atoms with van der Waals surface area (Å²) in [7, 11) is 0. The van der Waals surface area contributed by atoms with Crippen LogP contribution in [0.4, 0.5) is 0 Å². The van der Waals surface area contributed by atoms with Crippen molar-refractivity contribution in [3.8, 4) is 0 Å². The molecule has 0 radical (unpaired) electrons. The first kappa shape index (κ1) is 11.2. The first-order valence-electron chi connectivity index (χ1n) is 5.84. The fourth-order valence-corrected chi connectivity index (χ4v) is 2.21.